The Morgan fingerprint density at radius 2 is 1.70 bits per heavy atom. The third kappa shape index (κ3) is 7.44. The second-order valence-electron chi connectivity index (χ2n) is 11.0. The predicted molar refractivity (Wildman–Crippen MR) is 127 cm³/mol. The summed E-state index contributed by atoms with van der Waals surface area (Å²) in [4.78, 5) is 26.6. The Bertz CT molecular complexity index is 789. The predicted octanol–water partition coefficient (Wildman–Crippen LogP) is 4.03. The minimum atomic E-state index is -0.826. The lowest BCUT2D eigenvalue weighted by atomic mass is 9.74. The highest BCUT2D eigenvalue weighted by molar-refractivity contribution is 5.76. The van der Waals surface area contributed by atoms with E-state index in [4.69, 9.17) is 9.47 Å². The van der Waals surface area contributed by atoms with Crippen LogP contribution in [0.3, 0.4) is 0 Å². The van der Waals surface area contributed by atoms with E-state index < -0.39 is 16.6 Å². The number of esters is 1. The Morgan fingerprint density at radius 3 is 2.27 bits per heavy atom. The van der Waals surface area contributed by atoms with Crippen molar-refractivity contribution in [1.82, 2.24) is 10.2 Å². The van der Waals surface area contributed by atoms with E-state index in [0.717, 1.165) is 31.2 Å². The molecule has 1 saturated carbocycles. The molecule has 0 radical (unpaired) electrons. The molecule has 0 unspecified atom stereocenters. The van der Waals surface area contributed by atoms with Crippen molar-refractivity contribution in [1.29, 1.82) is 0 Å². The number of nitrogens with one attached hydrogen (secondary N) is 1. The molecule has 0 spiro atoms. The fourth-order valence-electron chi connectivity index (χ4n) is 4.50. The van der Waals surface area contributed by atoms with Crippen molar-refractivity contribution < 1.29 is 24.2 Å². The van der Waals surface area contributed by atoms with Crippen LogP contribution >= 0.6 is 0 Å². The standard InChI is InChI=1S/C26H40N2O5/c1-24(2,3)33-23(30)28-16-14-26(31,15-17-28)19-27-21-10-12-25(4,13-11-21)22(29)32-18-20-8-6-5-7-9-20/h5-9,21,27,31H,10-19H2,1-4H3/t21-,25+. The van der Waals surface area contributed by atoms with Gasteiger partial charge < -0.3 is 24.8 Å². The van der Waals surface area contributed by atoms with Crippen LogP contribution in [0.2, 0.25) is 0 Å². The molecule has 0 bridgehead atoms. The molecule has 7 nitrogen and oxygen atoms in total. The van der Waals surface area contributed by atoms with Crippen LogP contribution in [0.25, 0.3) is 0 Å². The Kier molecular flexibility index (Phi) is 8.06. The van der Waals surface area contributed by atoms with E-state index in [1.807, 2.05) is 58.0 Å². The van der Waals surface area contributed by atoms with Gasteiger partial charge in [0.15, 0.2) is 0 Å². The zero-order valence-electron chi connectivity index (χ0n) is 20.6. The van der Waals surface area contributed by atoms with Crippen LogP contribution in [-0.4, -0.2) is 58.9 Å². The smallest absolute Gasteiger partial charge is 0.410 e. The molecule has 0 aromatic heterocycles. The first-order chi connectivity index (χ1) is 15.5. The third-order valence-electron chi connectivity index (χ3n) is 6.86. The lowest BCUT2D eigenvalue weighted by Crippen LogP contribution is -2.53. The summed E-state index contributed by atoms with van der Waals surface area (Å²) >= 11 is 0. The van der Waals surface area contributed by atoms with Gasteiger partial charge in [0.1, 0.15) is 12.2 Å². The lowest BCUT2D eigenvalue weighted by Gasteiger charge is -2.41. The maximum absolute atomic E-state index is 12.7. The fourth-order valence-corrected chi connectivity index (χ4v) is 4.50. The number of nitrogens with zero attached hydrogens (tertiary/aromatic N) is 1. The van der Waals surface area contributed by atoms with Crippen molar-refractivity contribution in [2.75, 3.05) is 19.6 Å². The number of likely N-dealkylation sites (tertiary alicyclic amines) is 1. The summed E-state index contributed by atoms with van der Waals surface area (Å²) in [5, 5.41) is 14.5. The van der Waals surface area contributed by atoms with Gasteiger partial charge in [0.05, 0.1) is 11.0 Å². The van der Waals surface area contributed by atoms with Gasteiger partial charge in [-0.15, -0.1) is 0 Å². The Labute approximate surface area is 197 Å². The molecule has 1 amide bonds. The van der Waals surface area contributed by atoms with Gasteiger partial charge in [-0.3, -0.25) is 4.79 Å². The van der Waals surface area contributed by atoms with E-state index in [9.17, 15) is 14.7 Å². The number of aliphatic hydroxyl groups is 1. The normalized spacial score (nSPS) is 25.4. The third-order valence-corrected chi connectivity index (χ3v) is 6.86. The molecule has 33 heavy (non-hydrogen) atoms. The number of carbonyl (C=O) groups excluding carboxylic acids is 2. The first-order valence-electron chi connectivity index (χ1n) is 12.1. The molecule has 1 aliphatic heterocycles. The van der Waals surface area contributed by atoms with Gasteiger partial charge in [-0.25, -0.2) is 4.79 Å². The zero-order valence-corrected chi connectivity index (χ0v) is 20.6. The number of amides is 1. The minimum absolute atomic E-state index is 0.127. The highest BCUT2D eigenvalue weighted by atomic mass is 16.6. The molecular formula is C26H40N2O5. The average molecular weight is 461 g/mol. The molecular weight excluding hydrogens is 420 g/mol. The molecule has 1 saturated heterocycles. The molecule has 2 N–H and O–H groups in total. The van der Waals surface area contributed by atoms with Gasteiger partial charge in [0.25, 0.3) is 0 Å². The minimum Gasteiger partial charge on any atom is -0.460 e. The van der Waals surface area contributed by atoms with Crippen LogP contribution in [0.5, 0.6) is 0 Å². The molecule has 2 aliphatic rings. The quantitative estimate of drug-likeness (QED) is 0.623. The van der Waals surface area contributed by atoms with Crippen molar-refractivity contribution >= 4 is 12.1 Å². The topological polar surface area (TPSA) is 88.1 Å². The van der Waals surface area contributed by atoms with Crippen LogP contribution in [0.1, 0.15) is 71.8 Å². The van der Waals surface area contributed by atoms with Crippen molar-refractivity contribution in [2.45, 2.75) is 90.1 Å². The van der Waals surface area contributed by atoms with Gasteiger partial charge in [-0.05, 0) is 71.8 Å². The second kappa shape index (κ2) is 10.4. The van der Waals surface area contributed by atoms with Crippen LogP contribution in [-0.2, 0) is 20.9 Å². The van der Waals surface area contributed by atoms with E-state index in [0.29, 0.717) is 39.1 Å². The summed E-state index contributed by atoms with van der Waals surface area (Å²) in [6, 6.07) is 10.0. The molecule has 2 fully saturated rings. The first-order valence-corrected chi connectivity index (χ1v) is 12.1. The molecule has 1 aromatic carbocycles. The maximum atomic E-state index is 12.7. The van der Waals surface area contributed by atoms with Gasteiger partial charge >= 0.3 is 12.1 Å². The van der Waals surface area contributed by atoms with E-state index >= 15 is 0 Å². The van der Waals surface area contributed by atoms with Crippen molar-refractivity contribution in [3.63, 3.8) is 0 Å². The van der Waals surface area contributed by atoms with E-state index in [-0.39, 0.29) is 18.1 Å². The second-order valence-corrected chi connectivity index (χ2v) is 11.0. The summed E-state index contributed by atoms with van der Waals surface area (Å²) in [7, 11) is 0. The Balaban J connectivity index is 1.38. The average Bonchev–Trinajstić information content (AvgIpc) is 2.77. The number of benzene rings is 1. The molecule has 1 aliphatic carbocycles. The molecule has 0 atom stereocenters. The van der Waals surface area contributed by atoms with Crippen molar-refractivity contribution in [3.8, 4) is 0 Å². The van der Waals surface area contributed by atoms with Gasteiger partial charge in [-0.2, -0.15) is 0 Å². The fraction of sp³-hybridized carbons (Fsp3) is 0.692. The number of ether oxygens (including phenoxy) is 2. The number of hydrogen-bond donors (Lipinski definition) is 2. The van der Waals surface area contributed by atoms with Crippen LogP contribution < -0.4 is 5.32 Å². The summed E-state index contributed by atoms with van der Waals surface area (Å²) in [6.45, 7) is 9.34. The molecule has 7 heteroatoms. The molecule has 3 rings (SSSR count). The zero-order chi connectivity index (χ0) is 24.1. The number of carbonyl (C=O) groups is 2. The Hall–Kier alpha value is -2.12. The molecule has 184 valence electrons. The summed E-state index contributed by atoms with van der Waals surface area (Å²) < 4.78 is 11.0. The summed E-state index contributed by atoms with van der Waals surface area (Å²) in [6.07, 6.45) is 4.01. The largest absolute Gasteiger partial charge is 0.460 e. The van der Waals surface area contributed by atoms with Gasteiger partial charge in [0.2, 0.25) is 0 Å². The van der Waals surface area contributed by atoms with E-state index in [1.165, 1.54) is 0 Å². The highest BCUT2D eigenvalue weighted by Gasteiger charge is 2.40. The first kappa shape index (κ1) is 25.5. The summed E-state index contributed by atoms with van der Waals surface area (Å²) in [5.41, 5.74) is -0.803. The summed E-state index contributed by atoms with van der Waals surface area (Å²) in [5.74, 6) is -0.127. The number of piperidine rings is 1. The SMILES string of the molecule is CC(C)(C)OC(=O)N1CCC(O)(CN[C@H]2CC[C@@](C)(C(=O)OCc3ccccc3)CC2)CC1. The van der Waals surface area contributed by atoms with Crippen LogP contribution in [0, 0.1) is 5.41 Å². The van der Waals surface area contributed by atoms with Crippen molar-refractivity contribution in [3.05, 3.63) is 35.9 Å². The van der Waals surface area contributed by atoms with E-state index in [2.05, 4.69) is 5.32 Å². The van der Waals surface area contributed by atoms with Crippen molar-refractivity contribution in [2.24, 2.45) is 5.41 Å². The highest BCUT2D eigenvalue weighted by Crippen LogP contribution is 2.37. The Morgan fingerprint density at radius 1 is 1.09 bits per heavy atom. The maximum Gasteiger partial charge on any atom is 0.410 e. The number of hydrogen-bond acceptors (Lipinski definition) is 6. The lowest BCUT2D eigenvalue weighted by molar-refractivity contribution is -0.158. The van der Waals surface area contributed by atoms with Crippen LogP contribution in [0.4, 0.5) is 4.79 Å². The monoisotopic (exact) mass is 460 g/mol. The van der Waals surface area contributed by atoms with E-state index in [1.54, 1.807) is 4.90 Å². The molecule has 1 aromatic rings. The van der Waals surface area contributed by atoms with Gasteiger partial charge in [0, 0.05) is 25.7 Å². The van der Waals surface area contributed by atoms with Crippen LogP contribution in [0.15, 0.2) is 30.3 Å². The number of rotatable bonds is 6. The molecule has 1 heterocycles. The van der Waals surface area contributed by atoms with Gasteiger partial charge in [-0.1, -0.05) is 30.3 Å².